The first-order chi connectivity index (χ1) is 13.7. The summed E-state index contributed by atoms with van der Waals surface area (Å²) in [4.78, 5) is 5.13. The minimum Gasteiger partial charge on any atom is -0.314 e. The summed E-state index contributed by atoms with van der Waals surface area (Å²) in [6, 6.07) is 1.31. The standard InChI is InChI=1S/C26H54N4/c1-23(2)17-21(18-24(3,4)29(23)9)27-15-13-11-12-14-16-28-22-19-25(5,6)30(10)26(7,8)20-22/h21-22,27-28H,11-20H2,1-10H3. The van der Waals surface area contributed by atoms with Crippen LogP contribution in [0, 0.1) is 0 Å². The molecule has 0 bridgehead atoms. The van der Waals surface area contributed by atoms with Crippen molar-refractivity contribution in [3.8, 4) is 0 Å². The molecule has 0 unspecified atom stereocenters. The molecule has 0 saturated carbocycles. The SMILES string of the molecule is CN1C(C)(C)CC(NCCCCCCNC2CC(C)(C)N(C)C(C)(C)C2)CC1(C)C. The molecule has 2 aliphatic rings. The molecule has 4 nitrogen and oxygen atoms in total. The van der Waals surface area contributed by atoms with Crippen molar-refractivity contribution in [3.63, 3.8) is 0 Å². The maximum Gasteiger partial charge on any atom is 0.0170 e. The summed E-state index contributed by atoms with van der Waals surface area (Å²) in [5, 5.41) is 7.74. The number of hydrogen-bond acceptors (Lipinski definition) is 4. The third kappa shape index (κ3) is 6.67. The van der Waals surface area contributed by atoms with Crippen LogP contribution in [0.25, 0.3) is 0 Å². The molecule has 0 spiro atoms. The molecule has 2 saturated heterocycles. The van der Waals surface area contributed by atoms with Gasteiger partial charge in [0, 0.05) is 34.2 Å². The van der Waals surface area contributed by atoms with Crippen LogP contribution in [0.15, 0.2) is 0 Å². The van der Waals surface area contributed by atoms with Crippen LogP contribution in [0.3, 0.4) is 0 Å². The van der Waals surface area contributed by atoms with Crippen molar-refractivity contribution >= 4 is 0 Å². The third-order valence-electron chi connectivity index (χ3n) is 8.59. The van der Waals surface area contributed by atoms with Gasteiger partial charge in [0.2, 0.25) is 0 Å². The highest BCUT2D eigenvalue weighted by atomic mass is 15.3. The number of unbranched alkanes of at least 4 members (excludes halogenated alkanes) is 3. The number of nitrogens with one attached hydrogen (secondary N) is 2. The maximum atomic E-state index is 3.87. The lowest BCUT2D eigenvalue weighted by atomic mass is 9.77. The molecule has 2 rings (SSSR count). The highest BCUT2D eigenvalue weighted by molar-refractivity contribution is 5.01. The van der Waals surface area contributed by atoms with Crippen LogP contribution < -0.4 is 10.6 Å². The topological polar surface area (TPSA) is 30.5 Å². The second-order valence-corrected chi connectivity index (χ2v) is 12.9. The highest BCUT2D eigenvalue weighted by Gasteiger charge is 2.43. The van der Waals surface area contributed by atoms with Crippen LogP contribution in [0.4, 0.5) is 0 Å². The van der Waals surface area contributed by atoms with Crippen LogP contribution >= 0.6 is 0 Å². The Kier molecular flexibility index (Phi) is 8.50. The van der Waals surface area contributed by atoms with Crippen molar-refractivity contribution in [2.75, 3.05) is 27.2 Å². The smallest absolute Gasteiger partial charge is 0.0170 e. The molecule has 2 heterocycles. The van der Waals surface area contributed by atoms with Gasteiger partial charge < -0.3 is 10.6 Å². The Bertz CT molecular complexity index is 453. The summed E-state index contributed by atoms with van der Waals surface area (Å²) in [7, 11) is 4.58. The molecule has 178 valence electrons. The number of hydrogen-bond donors (Lipinski definition) is 2. The molecular weight excluding hydrogens is 368 g/mol. The molecule has 0 aromatic rings. The van der Waals surface area contributed by atoms with Crippen LogP contribution in [-0.4, -0.2) is 71.2 Å². The van der Waals surface area contributed by atoms with Gasteiger partial charge in [-0.1, -0.05) is 12.8 Å². The van der Waals surface area contributed by atoms with Gasteiger partial charge in [-0.15, -0.1) is 0 Å². The second kappa shape index (κ2) is 9.77. The Hall–Kier alpha value is -0.160. The van der Waals surface area contributed by atoms with E-state index < -0.39 is 0 Å². The van der Waals surface area contributed by atoms with Crippen molar-refractivity contribution in [2.24, 2.45) is 0 Å². The van der Waals surface area contributed by atoms with Crippen LogP contribution in [-0.2, 0) is 0 Å². The van der Waals surface area contributed by atoms with Crippen LogP contribution in [0.5, 0.6) is 0 Å². The molecule has 4 heteroatoms. The molecular formula is C26H54N4. The van der Waals surface area contributed by atoms with Gasteiger partial charge in [0.25, 0.3) is 0 Å². The maximum absolute atomic E-state index is 3.87. The largest absolute Gasteiger partial charge is 0.314 e. The summed E-state index contributed by atoms with van der Waals surface area (Å²) >= 11 is 0. The summed E-state index contributed by atoms with van der Waals surface area (Å²) in [5.74, 6) is 0. The molecule has 0 amide bonds. The molecule has 0 aromatic carbocycles. The molecule has 2 aliphatic heterocycles. The van der Waals surface area contributed by atoms with Crippen molar-refractivity contribution in [2.45, 2.75) is 141 Å². The van der Waals surface area contributed by atoms with E-state index in [0.717, 1.165) is 0 Å². The minimum atomic E-state index is 0.280. The summed E-state index contributed by atoms with van der Waals surface area (Å²) in [5.41, 5.74) is 1.12. The van der Waals surface area contributed by atoms with E-state index in [4.69, 9.17) is 0 Å². The third-order valence-corrected chi connectivity index (χ3v) is 8.59. The average Bonchev–Trinajstić information content (AvgIpc) is 2.59. The summed E-state index contributed by atoms with van der Waals surface area (Å²) in [6.07, 6.45) is 10.3. The van der Waals surface area contributed by atoms with E-state index in [1.807, 2.05) is 0 Å². The molecule has 0 atom stereocenters. The normalized spacial score (nSPS) is 27.4. The number of likely N-dealkylation sites (tertiary alicyclic amines) is 2. The van der Waals surface area contributed by atoms with E-state index in [-0.39, 0.29) is 22.2 Å². The van der Waals surface area contributed by atoms with Gasteiger partial charge in [-0.05, 0) is 121 Å². The number of rotatable bonds is 9. The zero-order valence-corrected chi connectivity index (χ0v) is 22.1. The van der Waals surface area contributed by atoms with Gasteiger partial charge >= 0.3 is 0 Å². The molecule has 30 heavy (non-hydrogen) atoms. The average molecular weight is 423 g/mol. The Morgan fingerprint density at radius 1 is 0.533 bits per heavy atom. The van der Waals surface area contributed by atoms with Crippen LogP contribution in [0.2, 0.25) is 0 Å². The van der Waals surface area contributed by atoms with E-state index in [1.165, 1.54) is 64.5 Å². The zero-order chi connectivity index (χ0) is 22.8. The zero-order valence-electron chi connectivity index (χ0n) is 22.1. The Morgan fingerprint density at radius 3 is 1.07 bits per heavy atom. The van der Waals surface area contributed by atoms with E-state index in [0.29, 0.717) is 12.1 Å². The van der Waals surface area contributed by atoms with Gasteiger partial charge in [0.05, 0.1) is 0 Å². The Labute approximate surface area is 188 Å². The van der Waals surface area contributed by atoms with E-state index >= 15 is 0 Å². The Balaban J connectivity index is 1.58. The molecule has 2 N–H and O–H groups in total. The first-order valence-corrected chi connectivity index (χ1v) is 12.6. The van der Waals surface area contributed by atoms with Gasteiger partial charge in [0.1, 0.15) is 0 Å². The minimum absolute atomic E-state index is 0.280. The second-order valence-electron chi connectivity index (χ2n) is 12.9. The fourth-order valence-electron chi connectivity index (χ4n) is 6.25. The lowest BCUT2D eigenvalue weighted by Crippen LogP contribution is -2.62. The number of nitrogens with zero attached hydrogens (tertiary/aromatic N) is 2. The van der Waals surface area contributed by atoms with Crippen molar-refractivity contribution in [1.82, 2.24) is 20.4 Å². The van der Waals surface area contributed by atoms with E-state index in [1.54, 1.807) is 0 Å². The monoisotopic (exact) mass is 422 g/mol. The highest BCUT2D eigenvalue weighted by Crippen LogP contribution is 2.37. The predicted octanol–water partition coefficient (Wildman–Crippen LogP) is 5.03. The van der Waals surface area contributed by atoms with E-state index in [2.05, 4.69) is 89.9 Å². The fourth-order valence-corrected chi connectivity index (χ4v) is 6.25. The molecule has 0 radical (unpaired) electrons. The van der Waals surface area contributed by atoms with Gasteiger partial charge in [0.15, 0.2) is 0 Å². The van der Waals surface area contributed by atoms with Gasteiger partial charge in [-0.3, -0.25) is 9.80 Å². The van der Waals surface area contributed by atoms with Crippen molar-refractivity contribution < 1.29 is 0 Å². The van der Waals surface area contributed by atoms with E-state index in [9.17, 15) is 0 Å². The predicted molar refractivity (Wildman–Crippen MR) is 132 cm³/mol. The Morgan fingerprint density at radius 2 is 0.800 bits per heavy atom. The van der Waals surface area contributed by atoms with Gasteiger partial charge in [-0.2, -0.15) is 0 Å². The molecule has 2 fully saturated rings. The lowest BCUT2D eigenvalue weighted by Gasteiger charge is -2.54. The van der Waals surface area contributed by atoms with Gasteiger partial charge in [-0.25, -0.2) is 0 Å². The summed E-state index contributed by atoms with van der Waals surface area (Å²) in [6.45, 7) is 21.5. The first-order valence-electron chi connectivity index (χ1n) is 12.6. The first kappa shape index (κ1) is 26.1. The molecule has 0 aliphatic carbocycles. The number of piperidine rings is 2. The van der Waals surface area contributed by atoms with Crippen molar-refractivity contribution in [3.05, 3.63) is 0 Å². The quantitative estimate of drug-likeness (QED) is 0.510. The summed E-state index contributed by atoms with van der Waals surface area (Å²) < 4.78 is 0. The van der Waals surface area contributed by atoms with Crippen LogP contribution in [0.1, 0.15) is 107 Å². The molecule has 0 aromatic heterocycles. The lowest BCUT2D eigenvalue weighted by molar-refractivity contribution is -0.0184. The van der Waals surface area contributed by atoms with Crippen molar-refractivity contribution in [1.29, 1.82) is 0 Å². The fraction of sp³-hybridized carbons (Fsp3) is 1.00.